The quantitative estimate of drug-likeness (QED) is 0.291. The van der Waals surface area contributed by atoms with Crippen molar-refractivity contribution in [1.29, 1.82) is 0 Å². The predicted octanol–water partition coefficient (Wildman–Crippen LogP) is 6.51. The Bertz CT molecular complexity index is 1480. The smallest absolute Gasteiger partial charge is 0.278 e. The molecule has 0 radical (unpaired) electrons. The molecular formula is C33H34F3N3O3. The molecule has 3 aromatic carbocycles. The molecule has 42 heavy (non-hydrogen) atoms. The summed E-state index contributed by atoms with van der Waals surface area (Å²) in [5.41, 5.74) is 1.26. The largest absolute Gasteiger partial charge is 0.373 e. The predicted molar refractivity (Wildman–Crippen MR) is 156 cm³/mol. The van der Waals surface area contributed by atoms with E-state index in [-0.39, 0.29) is 49.1 Å². The van der Waals surface area contributed by atoms with Crippen molar-refractivity contribution >= 4 is 23.3 Å². The third-order valence-corrected chi connectivity index (χ3v) is 7.74. The second-order valence-corrected chi connectivity index (χ2v) is 11.3. The Hall–Kier alpha value is -3.98. The Labute approximate surface area is 243 Å². The Morgan fingerprint density at radius 3 is 2.64 bits per heavy atom. The molecule has 2 unspecified atom stereocenters. The lowest BCUT2D eigenvalue weighted by Gasteiger charge is -2.30. The zero-order valence-corrected chi connectivity index (χ0v) is 23.7. The molecule has 0 aromatic heterocycles. The molecule has 3 aromatic rings. The van der Waals surface area contributed by atoms with Crippen molar-refractivity contribution in [3.8, 4) is 0 Å². The van der Waals surface area contributed by atoms with Crippen LogP contribution in [0.3, 0.4) is 0 Å². The van der Waals surface area contributed by atoms with Crippen LogP contribution in [0.4, 0.5) is 18.9 Å². The molecule has 9 heteroatoms. The molecule has 6 nitrogen and oxygen atoms in total. The highest BCUT2D eigenvalue weighted by molar-refractivity contribution is 6.12. The highest BCUT2D eigenvalue weighted by Crippen LogP contribution is 2.36. The number of alkyl halides is 3. The van der Waals surface area contributed by atoms with E-state index >= 15 is 4.39 Å². The van der Waals surface area contributed by atoms with Crippen LogP contribution in [0.25, 0.3) is 0 Å². The molecule has 220 valence electrons. The number of likely N-dealkylation sites (N-methyl/N-ethyl adjacent to an activating group) is 1. The first kappa shape index (κ1) is 29.5. The number of aliphatic imine (C=N–C) groups is 1. The first-order valence-corrected chi connectivity index (χ1v) is 14.1. The summed E-state index contributed by atoms with van der Waals surface area (Å²) in [7, 11) is 1.80. The number of hydrogen-bond donors (Lipinski definition) is 0. The molecule has 2 aliphatic rings. The minimum atomic E-state index is -2.72. The molecule has 1 saturated heterocycles. The number of rotatable bonds is 9. The van der Waals surface area contributed by atoms with Crippen molar-refractivity contribution in [3.63, 3.8) is 0 Å². The third kappa shape index (κ3) is 6.73. The molecule has 2 amide bonds. The molecule has 2 atom stereocenters. The summed E-state index contributed by atoms with van der Waals surface area (Å²) in [4.78, 5) is 33.7. The van der Waals surface area contributed by atoms with Crippen LogP contribution in [0.5, 0.6) is 0 Å². The van der Waals surface area contributed by atoms with Crippen LogP contribution in [0.15, 0.2) is 77.8 Å². The van der Waals surface area contributed by atoms with Gasteiger partial charge in [-0.1, -0.05) is 54.6 Å². The molecule has 0 N–H and O–H groups in total. The van der Waals surface area contributed by atoms with Crippen molar-refractivity contribution < 1.29 is 27.5 Å². The fraction of sp³-hybridized carbons (Fsp3) is 0.364. The summed E-state index contributed by atoms with van der Waals surface area (Å²) in [6.45, 7) is 2.09. The minimum absolute atomic E-state index is 0.0296. The Morgan fingerprint density at radius 1 is 1.10 bits per heavy atom. The molecule has 0 aliphatic carbocycles. The van der Waals surface area contributed by atoms with Gasteiger partial charge in [0.1, 0.15) is 11.5 Å². The second kappa shape index (κ2) is 12.5. The van der Waals surface area contributed by atoms with Crippen LogP contribution in [0.1, 0.15) is 64.7 Å². The maximum Gasteiger partial charge on any atom is 0.278 e. The molecular weight excluding hydrogens is 543 g/mol. The van der Waals surface area contributed by atoms with E-state index in [4.69, 9.17) is 4.74 Å². The first-order chi connectivity index (χ1) is 20.1. The monoisotopic (exact) mass is 577 g/mol. The van der Waals surface area contributed by atoms with Crippen LogP contribution < -0.4 is 4.90 Å². The number of amidine groups is 1. The van der Waals surface area contributed by atoms with Crippen molar-refractivity contribution in [2.45, 2.75) is 50.8 Å². The van der Waals surface area contributed by atoms with Gasteiger partial charge in [0.25, 0.3) is 12.3 Å². The summed E-state index contributed by atoms with van der Waals surface area (Å²) in [5, 5.41) is 0. The first-order valence-electron chi connectivity index (χ1n) is 14.1. The number of likely N-dealkylation sites (tertiary alicyclic amines) is 1. The van der Waals surface area contributed by atoms with Gasteiger partial charge in [0.05, 0.1) is 25.7 Å². The molecule has 1 fully saturated rings. The van der Waals surface area contributed by atoms with Crippen molar-refractivity contribution in [2.75, 3.05) is 31.6 Å². The minimum Gasteiger partial charge on any atom is -0.373 e. The number of benzene rings is 3. The second-order valence-electron chi connectivity index (χ2n) is 11.3. The Balaban J connectivity index is 1.41. The fourth-order valence-electron chi connectivity index (χ4n) is 5.57. The third-order valence-electron chi connectivity index (χ3n) is 7.74. The van der Waals surface area contributed by atoms with Gasteiger partial charge in [-0.05, 0) is 54.7 Å². The van der Waals surface area contributed by atoms with Gasteiger partial charge in [0.15, 0.2) is 0 Å². The summed E-state index contributed by atoms with van der Waals surface area (Å²) in [6.07, 6.45) is -0.840. The van der Waals surface area contributed by atoms with Gasteiger partial charge in [0.2, 0.25) is 5.91 Å². The van der Waals surface area contributed by atoms with E-state index in [2.05, 4.69) is 4.99 Å². The average molecular weight is 578 g/mol. The van der Waals surface area contributed by atoms with Gasteiger partial charge in [-0.3, -0.25) is 9.59 Å². The number of hydrogen-bond acceptors (Lipinski definition) is 3. The summed E-state index contributed by atoms with van der Waals surface area (Å²) >= 11 is 0. The van der Waals surface area contributed by atoms with E-state index < -0.39 is 18.0 Å². The number of amides is 2. The highest BCUT2D eigenvalue weighted by Gasteiger charge is 2.36. The number of carbonyl (C=O) groups excluding carboxylic acids is 2. The van der Waals surface area contributed by atoms with Crippen LogP contribution >= 0.6 is 0 Å². The zero-order chi connectivity index (χ0) is 29.9. The SMILES string of the molecule is CN1CCCC(c2ccc3c(c2)CC(=NC(=O)c2cccc(C(F)F)c2)N3CC(C)(F)COCc2ccccc2)C1=O. The number of piperidine rings is 1. The summed E-state index contributed by atoms with van der Waals surface area (Å²) in [6, 6.07) is 20.3. The fourth-order valence-corrected chi connectivity index (χ4v) is 5.57. The molecule has 2 aliphatic heterocycles. The Kier molecular flexibility index (Phi) is 8.77. The standard InChI is InChI=1S/C33H34F3N3O3/c1-33(36,21-42-19-22-8-4-3-5-9-22)20-39-28-14-13-23(27-12-7-15-38(2)32(27)41)16-26(28)18-29(39)37-31(40)25-11-6-10-24(17-25)30(34)35/h3-6,8-11,13-14,16-17,27,30H,7,12,15,18-21H2,1-2H3. The number of anilines is 1. The van der Waals surface area contributed by atoms with E-state index in [0.717, 1.165) is 42.1 Å². The van der Waals surface area contributed by atoms with Gasteiger partial charge < -0.3 is 14.5 Å². The molecule has 5 rings (SSSR count). The molecule has 0 bridgehead atoms. The lowest BCUT2D eigenvalue weighted by atomic mass is 9.88. The lowest BCUT2D eigenvalue weighted by molar-refractivity contribution is -0.133. The van der Waals surface area contributed by atoms with Crippen molar-refractivity contribution in [3.05, 3.63) is 101 Å². The van der Waals surface area contributed by atoms with Gasteiger partial charge in [-0.15, -0.1) is 0 Å². The maximum atomic E-state index is 15.9. The van der Waals surface area contributed by atoms with E-state index in [9.17, 15) is 18.4 Å². The topological polar surface area (TPSA) is 62.2 Å². The summed E-state index contributed by atoms with van der Waals surface area (Å²) in [5.74, 6) is -0.574. The van der Waals surface area contributed by atoms with E-state index in [0.29, 0.717) is 11.5 Å². The summed E-state index contributed by atoms with van der Waals surface area (Å²) < 4.78 is 48.2. The van der Waals surface area contributed by atoms with Gasteiger partial charge in [0, 0.05) is 36.8 Å². The maximum absolute atomic E-state index is 15.9. The number of nitrogens with zero attached hydrogens (tertiary/aromatic N) is 3. The number of ether oxygens (including phenoxy) is 1. The van der Waals surface area contributed by atoms with Crippen LogP contribution in [0.2, 0.25) is 0 Å². The zero-order valence-electron chi connectivity index (χ0n) is 23.7. The number of carbonyl (C=O) groups is 2. The average Bonchev–Trinajstić information content (AvgIpc) is 3.30. The molecule has 2 heterocycles. The Morgan fingerprint density at radius 2 is 1.88 bits per heavy atom. The van der Waals surface area contributed by atoms with E-state index in [1.54, 1.807) is 16.8 Å². The van der Waals surface area contributed by atoms with Gasteiger partial charge in [-0.25, -0.2) is 13.2 Å². The lowest BCUT2D eigenvalue weighted by Crippen LogP contribution is -2.43. The van der Waals surface area contributed by atoms with Crippen LogP contribution in [0, 0.1) is 0 Å². The van der Waals surface area contributed by atoms with Crippen LogP contribution in [-0.4, -0.2) is 55.0 Å². The van der Waals surface area contributed by atoms with Crippen LogP contribution in [-0.2, 0) is 22.6 Å². The normalized spacial score (nSPS) is 19.3. The van der Waals surface area contributed by atoms with Crippen molar-refractivity contribution in [1.82, 2.24) is 4.90 Å². The van der Waals surface area contributed by atoms with Crippen molar-refractivity contribution in [2.24, 2.45) is 4.99 Å². The van der Waals surface area contributed by atoms with E-state index in [1.165, 1.54) is 25.1 Å². The van der Waals surface area contributed by atoms with Gasteiger partial charge in [-0.2, -0.15) is 4.99 Å². The van der Waals surface area contributed by atoms with E-state index in [1.807, 2.05) is 48.5 Å². The number of halogens is 3. The van der Waals surface area contributed by atoms with Gasteiger partial charge >= 0.3 is 0 Å². The highest BCUT2D eigenvalue weighted by atomic mass is 19.3. The number of fused-ring (bicyclic) bond motifs is 1. The molecule has 0 saturated carbocycles. The molecule has 0 spiro atoms.